The number of aryl methyl sites for hydroxylation is 1. The lowest BCUT2D eigenvalue weighted by atomic mass is 10.1. The van der Waals surface area contributed by atoms with Crippen LogP contribution in [0.25, 0.3) is 0 Å². The molecule has 25 heavy (non-hydrogen) atoms. The van der Waals surface area contributed by atoms with Crippen molar-refractivity contribution in [2.24, 2.45) is 0 Å². The van der Waals surface area contributed by atoms with E-state index in [1.165, 1.54) is 11.1 Å². The summed E-state index contributed by atoms with van der Waals surface area (Å²) in [6, 6.07) is 16.7. The molecule has 0 aliphatic heterocycles. The number of aromatic nitrogens is 2. The maximum absolute atomic E-state index is 12.1. The smallest absolute Gasteiger partial charge is 0.324 e. The summed E-state index contributed by atoms with van der Waals surface area (Å²) < 4.78 is 6.93. The number of amides is 2. The van der Waals surface area contributed by atoms with Crippen LogP contribution < -0.4 is 15.4 Å². The average Bonchev–Trinajstić information content (AvgIpc) is 3.04. The molecule has 0 saturated heterocycles. The largest absolute Gasteiger partial charge is 0.497 e. The number of nitrogens with one attached hydrogen (secondary N) is 2. The highest BCUT2D eigenvalue weighted by atomic mass is 16.5. The molecule has 0 bridgehead atoms. The highest BCUT2D eigenvalue weighted by Gasteiger charge is 2.07. The number of urea groups is 1. The Balaban J connectivity index is 1.61. The Labute approximate surface area is 146 Å². The van der Waals surface area contributed by atoms with Gasteiger partial charge in [-0.3, -0.25) is 10.00 Å². The highest BCUT2D eigenvalue weighted by molar-refractivity contribution is 5.99. The SMILES string of the molecule is COc1cccc(NC(=O)Nc2ccn(Cc3ccccc3C)n2)c1. The molecule has 0 fully saturated rings. The standard InChI is InChI=1S/C19H20N4O2/c1-14-6-3-4-7-15(14)13-23-11-10-18(22-23)21-19(24)20-16-8-5-9-17(12-16)25-2/h3-12H,13H2,1-2H3,(H2,20,21,22,24). The zero-order valence-corrected chi connectivity index (χ0v) is 14.2. The van der Waals surface area contributed by atoms with Crippen molar-refractivity contribution >= 4 is 17.5 Å². The summed E-state index contributed by atoms with van der Waals surface area (Å²) in [5.41, 5.74) is 3.05. The minimum absolute atomic E-state index is 0.352. The molecule has 0 aliphatic carbocycles. The van der Waals surface area contributed by atoms with Gasteiger partial charge < -0.3 is 10.1 Å². The van der Waals surface area contributed by atoms with E-state index in [4.69, 9.17) is 4.74 Å². The predicted molar refractivity (Wildman–Crippen MR) is 98.1 cm³/mol. The van der Waals surface area contributed by atoms with E-state index in [-0.39, 0.29) is 6.03 Å². The van der Waals surface area contributed by atoms with Crippen LogP contribution in [0, 0.1) is 6.92 Å². The van der Waals surface area contributed by atoms with Crippen LogP contribution in [0.1, 0.15) is 11.1 Å². The number of hydrogen-bond donors (Lipinski definition) is 2. The lowest BCUT2D eigenvalue weighted by molar-refractivity contribution is 0.262. The van der Waals surface area contributed by atoms with Gasteiger partial charge in [0.1, 0.15) is 5.75 Å². The molecule has 128 valence electrons. The second-order valence-corrected chi connectivity index (χ2v) is 5.64. The molecule has 2 aromatic carbocycles. The normalized spacial score (nSPS) is 10.3. The van der Waals surface area contributed by atoms with Crippen LogP contribution in [0.5, 0.6) is 5.75 Å². The molecule has 3 rings (SSSR count). The van der Waals surface area contributed by atoms with Crippen LogP contribution in [0.2, 0.25) is 0 Å². The van der Waals surface area contributed by atoms with Crippen LogP contribution in [0.3, 0.4) is 0 Å². The first kappa shape index (κ1) is 16.6. The minimum atomic E-state index is -0.352. The fraction of sp³-hybridized carbons (Fsp3) is 0.158. The van der Waals surface area contributed by atoms with Crippen LogP contribution in [-0.4, -0.2) is 22.9 Å². The van der Waals surface area contributed by atoms with Crippen molar-refractivity contribution in [1.29, 1.82) is 0 Å². The van der Waals surface area contributed by atoms with Crippen LogP contribution in [0.4, 0.5) is 16.3 Å². The zero-order valence-electron chi connectivity index (χ0n) is 14.2. The topological polar surface area (TPSA) is 68.2 Å². The van der Waals surface area contributed by atoms with Gasteiger partial charge in [0.05, 0.1) is 13.7 Å². The molecule has 1 aromatic heterocycles. The number of nitrogens with zero attached hydrogens (tertiary/aromatic N) is 2. The molecule has 0 aliphatic rings. The summed E-state index contributed by atoms with van der Waals surface area (Å²) in [6.45, 7) is 2.73. The highest BCUT2D eigenvalue weighted by Crippen LogP contribution is 2.17. The van der Waals surface area contributed by atoms with Crippen molar-refractivity contribution in [2.75, 3.05) is 17.7 Å². The summed E-state index contributed by atoms with van der Waals surface area (Å²) >= 11 is 0. The van der Waals surface area contributed by atoms with Crippen molar-refractivity contribution in [2.45, 2.75) is 13.5 Å². The van der Waals surface area contributed by atoms with Crippen molar-refractivity contribution in [3.63, 3.8) is 0 Å². The maximum atomic E-state index is 12.1. The second kappa shape index (κ2) is 7.53. The molecule has 6 heteroatoms. The molecule has 0 saturated carbocycles. The van der Waals surface area contributed by atoms with Gasteiger partial charge in [-0.2, -0.15) is 5.10 Å². The van der Waals surface area contributed by atoms with Gasteiger partial charge in [0, 0.05) is 24.0 Å². The third-order valence-corrected chi connectivity index (χ3v) is 3.80. The van der Waals surface area contributed by atoms with E-state index in [2.05, 4.69) is 34.8 Å². The lowest BCUT2D eigenvalue weighted by Crippen LogP contribution is -2.19. The fourth-order valence-electron chi connectivity index (χ4n) is 2.46. The number of carbonyl (C=O) groups is 1. The van der Waals surface area contributed by atoms with Crippen molar-refractivity contribution in [1.82, 2.24) is 9.78 Å². The number of rotatable bonds is 5. The van der Waals surface area contributed by atoms with Gasteiger partial charge in [-0.15, -0.1) is 0 Å². The van der Waals surface area contributed by atoms with Gasteiger partial charge in [-0.25, -0.2) is 4.79 Å². The summed E-state index contributed by atoms with van der Waals surface area (Å²) in [7, 11) is 1.58. The van der Waals surface area contributed by atoms with Gasteiger partial charge in [0.15, 0.2) is 5.82 Å². The average molecular weight is 336 g/mol. The third kappa shape index (κ3) is 4.38. The van der Waals surface area contributed by atoms with E-state index in [0.29, 0.717) is 23.8 Å². The summed E-state index contributed by atoms with van der Waals surface area (Å²) in [4.78, 5) is 12.1. The molecular formula is C19H20N4O2. The second-order valence-electron chi connectivity index (χ2n) is 5.64. The molecule has 3 aromatic rings. The molecule has 0 radical (unpaired) electrons. The molecule has 0 spiro atoms. The fourth-order valence-corrected chi connectivity index (χ4v) is 2.46. The Morgan fingerprint density at radius 3 is 2.76 bits per heavy atom. The van der Waals surface area contributed by atoms with Crippen molar-refractivity contribution < 1.29 is 9.53 Å². The minimum Gasteiger partial charge on any atom is -0.497 e. The van der Waals surface area contributed by atoms with Gasteiger partial charge >= 0.3 is 6.03 Å². The number of carbonyl (C=O) groups excluding carboxylic acids is 1. The van der Waals surface area contributed by atoms with E-state index in [9.17, 15) is 4.79 Å². The number of hydrogen-bond acceptors (Lipinski definition) is 3. The molecule has 1 heterocycles. The molecule has 2 N–H and O–H groups in total. The summed E-state index contributed by atoms with van der Waals surface area (Å²) in [5.74, 6) is 1.18. The first-order valence-corrected chi connectivity index (χ1v) is 7.94. The van der Waals surface area contributed by atoms with Crippen LogP contribution in [0.15, 0.2) is 60.8 Å². The first-order valence-electron chi connectivity index (χ1n) is 7.94. The van der Waals surface area contributed by atoms with Gasteiger partial charge in [-0.1, -0.05) is 30.3 Å². The monoisotopic (exact) mass is 336 g/mol. The van der Waals surface area contributed by atoms with E-state index >= 15 is 0 Å². The Hall–Kier alpha value is -3.28. The Morgan fingerprint density at radius 2 is 1.96 bits per heavy atom. The Morgan fingerprint density at radius 1 is 1.12 bits per heavy atom. The van der Waals surface area contributed by atoms with Crippen molar-refractivity contribution in [3.05, 3.63) is 71.9 Å². The predicted octanol–water partition coefficient (Wildman–Crippen LogP) is 3.89. The van der Waals surface area contributed by atoms with E-state index < -0.39 is 0 Å². The number of ether oxygens (including phenoxy) is 1. The Kier molecular flexibility index (Phi) is 4.99. The van der Waals surface area contributed by atoms with Crippen molar-refractivity contribution in [3.8, 4) is 5.75 Å². The number of benzene rings is 2. The molecular weight excluding hydrogens is 316 g/mol. The van der Waals surface area contributed by atoms with Gasteiger partial charge in [0.2, 0.25) is 0 Å². The van der Waals surface area contributed by atoms with E-state index in [1.807, 2.05) is 30.5 Å². The van der Waals surface area contributed by atoms with Gasteiger partial charge in [0.25, 0.3) is 0 Å². The first-order chi connectivity index (χ1) is 12.1. The van der Waals surface area contributed by atoms with E-state index in [0.717, 1.165) is 0 Å². The lowest BCUT2D eigenvalue weighted by Gasteiger charge is -2.07. The zero-order chi connectivity index (χ0) is 17.6. The third-order valence-electron chi connectivity index (χ3n) is 3.80. The quantitative estimate of drug-likeness (QED) is 0.743. The number of methoxy groups -OCH3 is 1. The number of anilines is 2. The molecule has 0 unspecified atom stereocenters. The molecule has 0 atom stereocenters. The molecule has 2 amide bonds. The maximum Gasteiger partial charge on any atom is 0.324 e. The summed E-state index contributed by atoms with van der Waals surface area (Å²) in [6.07, 6.45) is 1.84. The summed E-state index contributed by atoms with van der Waals surface area (Å²) in [5, 5.41) is 9.86. The Bertz CT molecular complexity index is 873. The van der Waals surface area contributed by atoms with Crippen LogP contribution in [-0.2, 0) is 6.54 Å². The van der Waals surface area contributed by atoms with Gasteiger partial charge in [-0.05, 0) is 30.2 Å². The van der Waals surface area contributed by atoms with Crippen LogP contribution >= 0.6 is 0 Å². The van der Waals surface area contributed by atoms with E-state index in [1.54, 1.807) is 30.0 Å². The molecule has 6 nitrogen and oxygen atoms in total.